The van der Waals surface area contributed by atoms with Crippen molar-refractivity contribution in [2.45, 2.75) is 41.5 Å². The largest absolute Gasteiger partial charge is 0.396 e. The molecule has 0 radical (unpaired) electrons. The van der Waals surface area contributed by atoms with Crippen LogP contribution in [-0.4, -0.2) is 27.7 Å². The molecule has 1 saturated carbocycles. The highest BCUT2D eigenvalue weighted by Gasteiger charge is 2.22. The topological polar surface area (TPSA) is 84.1 Å². The third-order valence-electron chi connectivity index (χ3n) is 4.20. The first-order chi connectivity index (χ1) is 11.6. The van der Waals surface area contributed by atoms with Crippen molar-refractivity contribution < 1.29 is 5.11 Å². The molecule has 5 nitrogen and oxygen atoms in total. The molecule has 0 saturated heterocycles. The van der Waals surface area contributed by atoms with Crippen molar-refractivity contribution in [1.29, 1.82) is 0 Å². The molecule has 2 unspecified atom stereocenters. The molecule has 1 heterocycles. The molecule has 3 rings (SSSR count). The van der Waals surface area contributed by atoms with Gasteiger partial charge < -0.3 is 16.2 Å². The van der Waals surface area contributed by atoms with Gasteiger partial charge in [-0.3, -0.25) is 0 Å². The first kappa shape index (κ1) is 17.3. The Balaban J connectivity index is 1.76. The summed E-state index contributed by atoms with van der Waals surface area (Å²) in [5, 5.41) is 13.6. The summed E-state index contributed by atoms with van der Waals surface area (Å²) >= 11 is 7.52. The van der Waals surface area contributed by atoms with Gasteiger partial charge in [-0.05, 0) is 49.4 Å². The summed E-state index contributed by atoms with van der Waals surface area (Å²) in [6, 6.07) is 7.96. The number of anilines is 2. The summed E-state index contributed by atoms with van der Waals surface area (Å²) in [7, 11) is 0. The molecular weight excluding hydrogens is 344 g/mol. The molecule has 0 spiro atoms. The van der Waals surface area contributed by atoms with Crippen LogP contribution in [0.5, 0.6) is 0 Å². The molecule has 4 N–H and O–H groups in total. The maximum atomic E-state index is 9.40. The van der Waals surface area contributed by atoms with Crippen LogP contribution in [-0.2, 0) is 0 Å². The van der Waals surface area contributed by atoms with Crippen LogP contribution in [0.1, 0.15) is 25.7 Å². The van der Waals surface area contributed by atoms with Gasteiger partial charge in [0.2, 0.25) is 5.95 Å². The molecule has 1 aliphatic rings. The summed E-state index contributed by atoms with van der Waals surface area (Å²) in [5.74, 6) is 1.38. The molecule has 0 amide bonds. The van der Waals surface area contributed by atoms with Crippen molar-refractivity contribution in [3.05, 3.63) is 35.5 Å². The lowest BCUT2D eigenvalue weighted by atomic mass is 9.86. The van der Waals surface area contributed by atoms with Gasteiger partial charge in [-0.25, -0.2) is 4.98 Å². The van der Waals surface area contributed by atoms with Gasteiger partial charge in [0.05, 0.1) is 4.90 Å². The van der Waals surface area contributed by atoms with Crippen LogP contribution in [0.2, 0.25) is 5.02 Å². The number of hydrogen-bond donors (Lipinski definition) is 3. The quantitative estimate of drug-likeness (QED) is 0.747. The Hall–Kier alpha value is -1.50. The highest BCUT2D eigenvalue weighted by molar-refractivity contribution is 7.99. The number of aliphatic hydroxyl groups is 1. The van der Waals surface area contributed by atoms with Crippen LogP contribution in [0.15, 0.2) is 40.3 Å². The molecule has 2 aromatic rings. The van der Waals surface area contributed by atoms with Gasteiger partial charge in [0, 0.05) is 28.8 Å². The lowest BCUT2D eigenvalue weighted by Gasteiger charge is -2.29. The minimum absolute atomic E-state index is 0.247. The lowest BCUT2D eigenvalue weighted by Crippen LogP contribution is -2.29. The minimum Gasteiger partial charge on any atom is -0.396 e. The number of benzene rings is 1. The van der Waals surface area contributed by atoms with Crippen LogP contribution in [0.3, 0.4) is 0 Å². The number of hydrogen-bond acceptors (Lipinski definition) is 6. The molecular formula is C17H21ClN4OS. The van der Waals surface area contributed by atoms with E-state index in [1.807, 2.05) is 24.3 Å². The molecule has 128 valence electrons. The van der Waals surface area contributed by atoms with Gasteiger partial charge in [0.15, 0.2) is 0 Å². The average Bonchev–Trinajstić information content (AvgIpc) is 2.59. The van der Waals surface area contributed by atoms with Crippen molar-refractivity contribution in [3.63, 3.8) is 0 Å². The van der Waals surface area contributed by atoms with Crippen molar-refractivity contribution in [2.24, 2.45) is 5.92 Å². The zero-order valence-electron chi connectivity index (χ0n) is 13.3. The molecule has 1 aromatic heterocycles. The number of nitrogens with two attached hydrogens (primary N) is 1. The number of aromatic nitrogens is 2. The minimum atomic E-state index is 0.247. The fourth-order valence-corrected chi connectivity index (χ4v) is 3.93. The normalized spacial score (nSPS) is 20.8. The first-order valence-electron chi connectivity index (χ1n) is 8.07. The van der Waals surface area contributed by atoms with E-state index < -0.39 is 0 Å². The number of nitrogens with zero attached hydrogens (tertiary/aromatic N) is 2. The van der Waals surface area contributed by atoms with Crippen molar-refractivity contribution >= 4 is 35.1 Å². The van der Waals surface area contributed by atoms with E-state index in [-0.39, 0.29) is 12.6 Å². The predicted molar refractivity (Wildman–Crippen MR) is 98.5 cm³/mol. The fourth-order valence-electron chi connectivity index (χ4n) is 2.97. The van der Waals surface area contributed by atoms with E-state index in [4.69, 9.17) is 17.3 Å². The van der Waals surface area contributed by atoms with E-state index in [0.29, 0.717) is 17.0 Å². The maximum Gasteiger partial charge on any atom is 0.221 e. The SMILES string of the molecule is Nc1ncc(Sc2ccc(Cl)cc2)c(NC2CCCC(CO)C2)n1. The van der Waals surface area contributed by atoms with Crippen molar-refractivity contribution in [2.75, 3.05) is 17.7 Å². The molecule has 1 aromatic carbocycles. The number of halogens is 1. The Bertz CT molecular complexity index is 683. The van der Waals surface area contributed by atoms with Gasteiger partial charge in [0.25, 0.3) is 0 Å². The van der Waals surface area contributed by atoms with Crippen LogP contribution >= 0.6 is 23.4 Å². The second kappa shape index (κ2) is 8.05. The van der Waals surface area contributed by atoms with Gasteiger partial charge in [0.1, 0.15) is 5.82 Å². The summed E-state index contributed by atoms with van der Waals surface area (Å²) in [4.78, 5) is 10.5. The van der Waals surface area contributed by atoms with Crippen molar-refractivity contribution in [3.8, 4) is 0 Å². The molecule has 1 aliphatic carbocycles. The van der Waals surface area contributed by atoms with E-state index >= 15 is 0 Å². The highest BCUT2D eigenvalue weighted by atomic mass is 35.5. The first-order valence-corrected chi connectivity index (χ1v) is 9.27. The average molecular weight is 365 g/mol. The van der Waals surface area contributed by atoms with Gasteiger partial charge in [-0.1, -0.05) is 29.8 Å². The zero-order chi connectivity index (χ0) is 16.9. The van der Waals surface area contributed by atoms with Crippen LogP contribution < -0.4 is 11.1 Å². The molecule has 24 heavy (non-hydrogen) atoms. The third-order valence-corrected chi connectivity index (χ3v) is 5.48. The highest BCUT2D eigenvalue weighted by Crippen LogP contribution is 2.34. The Kier molecular flexibility index (Phi) is 5.81. The fraction of sp³-hybridized carbons (Fsp3) is 0.412. The second-order valence-corrected chi connectivity index (χ2v) is 7.61. The van der Waals surface area contributed by atoms with E-state index in [0.717, 1.165) is 41.3 Å². The summed E-state index contributed by atoms with van der Waals surface area (Å²) < 4.78 is 0. The molecule has 7 heteroatoms. The number of nitrogens with one attached hydrogen (secondary N) is 1. The lowest BCUT2D eigenvalue weighted by molar-refractivity contribution is 0.184. The smallest absolute Gasteiger partial charge is 0.221 e. The molecule has 1 fully saturated rings. The Morgan fingerprint density at radius 3 is 2.83 bits per heavy atom. The molecule has 0 bridgehead atoms. The van der Waals surface area contributed by atoms with E-state index in [1.54, 1.807) is 18.0 Å². The second-order valence-electron chi connectivity index (χ2n) is 6.05. The molecule has 2 atom stereocenters. The van der Waals surface area contributed by atoms with E-state index in [2.05, 4.69) is 15.3 Å². The van der Waals surface area contributed by atoms with Gasteiger partial charge in [-0.15, -0.1) is 0 Å². The zero-order valence-corrected chi connectivity index (χ0v) is 14.9. The van der Waals surface area contributed by atoms with Crippen LogP contribution in [0, 0.1) is 5.92 Å². The number of rotatable bonds is 5. The molecule has 0 aliphatic heterocycles. The van der Waals surface area contributed by atoms with E-state index in [1.165, 1.54) is 0 Å². The monoisotopic (exact) mass is 364 g/mol. The van der Waals surface area contributed by atoms with Crippen LogP contribution in [0.25, 0.3) is 0 Å². The number of nitrogen functional groups attached to an aromatic ring is 1. The standard InChI is InChI=1S/C17H21ClN4OS/c18-12-4-6-14(7-5-12)24-15-9-20-17(19)22-16(15)21-13-3-1-2-11(8-13)10-23/h4-7,9,11,13,23H,1-3,8,10H2,(H3,19,20,21,22). The summed E-state index contributed by atoms with van der Waals surface area (Å²) in [6.07, 6.45) is 5.98. The van der Waals surface area contributed by atoms with Gasteiger partial charge in [-0.2, -0.15) is 4.98 Å². The van der Waals surface area contributed by atoms with E-state index in [9.17, 15) is 5.11 Å². The summed E-state index contributed by atoms with van der Waals surface area (Å²) in [6.45, 7) is 0.247. The predicted octanol–water partition coefficient (Wildman–Crippen LogP) is 3.83. The van der Waals surface area contributed by atoms with Gasteiger partial charge >= 0.3 is 0 Å². The van der Waals surface area contributed by atoms with Crippen LogP contribution in [0.4, 0.5) is 11.8 Å². The number of aliphatic hydroxyl groups excluding tert-OH is 1. The third kappa shape index (κ3) is 4.53. The maximum absolute atomic E-state index is 9.40. The van der Waals surface area contributed by atoms with Crippen molar-refractivity contribution in [1.82, 2.24) is 9.97 Å². The summed E-state index contributed by atoms with van der Waals surface area (Å²) in [5.41, 5.74) is 5.77. The Morgan fingerprint density at radius 2 is 2.08 bits per heavy atom. The Morgan fingerprint density at radius 1 is 1.29 bits per heavy atom. The Labute approximate surface area is 151 Å².